The number of carbonyl (C=O) groups excluding carboxylic acids is 1. The van der Waals surface area contributed by atoms with Gasteiger partial charge in [-0.15, -0.1) is 0 Å². The van der Waals surface area contributed by atoms with E-state index in [1.165, 1.54) is 0 Å². The van der Waals surface area contributed by atoms with E-state index >= 15 is 0 Å². The minimum absolute atomic E-state index is 0.330. The van der Waals surface area contributed by atoms with E-state index in [1.807, 2.05) is 66.7 Å². The third-order valence-electron chi connectivity index (χ3n) is 4.67. The maximum absolute atomic E-state index is 11.7. The Hall–Kier alpha value is -3.51. The summed E-state index contributed by atoms with van der Waals surface area (Å²) < 4.78 is 11.3. The number of nitrogens with two attached hydrogens (primary N) is 1. The molecule has 4 N–H and O–H groups in total. The Morgan fingerprint density at radius 3 is 2.41 bits per heavy atom. The second kappa shape index (κ2) is 9.61. The lowest BCUT2D eigenvalue weighted by Crippen LogP contribution is -2.34. The summed E-state index contributed by atoms with van der Waals surface area (Å²) in [5.41, 5.74) is 6.92. The van der Waals surface area contributed by atoms with Crippen LogP contribution in [0.15, 0.2) is 66.7 Å². The Kier molecular flexibility index (Phi) is 6.71. The average molecular weight is 391 g/mol. The van der Waals surface area contributed by atoms with Crippen LogP contribution >= 0.6 is 0 Å². The van der Waals surface area contributed by atoms with Crippen LogP contribution in [-0.4, -0.2) is 13.1 Å². The first kappa shape index (κ1) is 20.2. The van der Waals surface area contributed by atoms with Gasteiger partial charge in [0.1, 0.15) is 18.1 Å². The molecule has 0 aliphatic rings. The van der Waals surface area contributed by atoms with Crippen molar-refractivity contribution in [2.24, 2.45) is 5.84 Å². The van der Waals surface area contributed by atoms with Gasteiger partial charge in [-0.25, -0.2) is 10.6 Å². The molecule has 29 heavy (non-hydrogen) atoms. The highest BCUT2D eigenvalue weighted by atomic mass is 16.5. The van der Waals surface area contributed by atoms with Gasteiger partial charge < -0.3 is 14.8 Å². The maximum Gasteiger partial charge on any atom is 0.333 e. The molecule has 150 valence electrons. The van der Waals surface area contributed by atoms with Gasteiger partial charge in [-0.2, -0.15) is 0 Å². The zero-order chi connectivity index (χ0) is 20.6. The molecule has 6 heteroatoms. The minimum Gasteiger partial charge on any atom is -0.497 e. The average Bonchev–Trinajstić information content (AvgIpc) is 2.78. The first-order valence-electron chi connectivity index (χ1n) is 9.40. The molecule has 0 aliphatic carbocycles. The van der Waals surface area contributed by atoms with Gasteiger partial charge in [0.25, 0.3) is 0 Å². The van der Waals surface area contributed by atoms with Crippen LogP contribution < -0.4 is 26.1 Å². The molecule has 0 aromatic heterocycles. The molecule has 3 rings (SSSR count). The van der Waals surface area contributed by atoms with Gasteiger partial charge in [0.05, 0.1) is 7.11 Å². The summed E-state index contributed by atoms with van der Waals surface area (Å²) in [6, 6.07) is 21.1. The van der Waals surface area contributed by atoms with Crippen LogP contribution in [0.1, 0.15) is 18.1 Å². The largest absolute Gasteiger partial charge is 0.497 e. The Balaban J connectivity index is 1.80. The molecule has 2 amide bonds. The fourth-order valence-electron chi connectivity index (χ4n) is 3.12. The van der Waals surface area contributed by atoms with Gasteiger partial charge in [0, 0.05) is 11.3 Å². The Bertz CT molecular complexity index is 971. The van der Waals surface area contributed by atoms with Crippen molar-refractivity contribution in [2.75, 3.05) is 12.4 Å². The lowest BCUT2D eigenvalue weighted by molar-refractivity contribution is 0.252. The van der Waals surface area contributed by atoms with E-state index in [0.717, 1.165) is 40.2 Å². The summed E-state index contributed by atoms with van der Waals surface area (Å²) in [4.78, 5) is 11.7. The number of anilines is 1. The number of rotatable bonds is 7. The van der Waals surface area contributed by atoms with E-state index in [0.29, 0.717) is 12.3 Å². The predicted octanol–water partition coefficient (Wildman–Crippen LogP) is 4.50. The van der Waals surface area contributed by atoms with Gasteiger partial charge in [0.15, 0.2) is 0 Å². The lowest BCUT2D eigenvalue weighted by Gasteiger charge is -2.16. The summed E-state index contributed by atoms with van der Waals surface area (Å²) in [6.45, 7) is 2.40. The van der Waals surface area contributed by atoms with Crippen LogP contribution in [0.25, 0.3) is 11.1 Å². The van der Waals surface area contributed by atoms with Gasteiger partial charge in [-0.3, -0.25) is 5.43 Å². The molecule has 0 atom stereocenters. The highest BCUT2D eigenvalue weighted by Crippen LogP contribution is 2.28. The van der Waals surface area contributed by atoms with Crippen LogP contribution in [0, 0.1) is 0 Å². The topological polar surface area (TPSA) is 85.6 Å². The van der Waals surface area contributed by atoms with Crippen molar-refractivity contribution in [1.82, 2.24) is 5.43 Å². The lowest BCUT2D eigenvalue weighted by atomic mass is 10.0. The van der Waals surface area contributed by atoms with Crippen LogP contribution in [0.4, 0.5) is 10.5 Å². The number of amides is 2. The van der Waals surface area contributed by atoms with Crippen LogP contribution in [0.5, 0.6) is 11.5 Å². The van der Waals surface area contributed by atoms with Crippen molar-refractivity contribution >= 4 is 11.7 Å². The quantitative estimate of drug-likeness (QED) is 0.314. The standard InChI is InChI=1S/C23H25N3O3/c1-3-16-6-5-9-22(25-23(27)26-24)21(16)15-29-20-8-4-7-18(14-20)17-10-12-19(28-2)13-11-17/h4-14H,3,15,24H2,1-2H3,(H2,25,26,27). The second-order valence-electron chi connectivity index (χ2n) is 6.44. The smallest absolute Gasteiger partial charge is 0.333 e. The Morgan fingerprint density at radius 1 is 0.966 bits per heavy atom. The zero-order valence-corrected chi connectivity index (χ0v) is 16.6. The molecule has 3 aromatic rings. The first-order chi connectivity index (χ1) is 14.1. The van der Waals surface area contributed by atoms with E-state index in [4.69, 9.17) is 15.3 Å². The number of methoxy groups -OCH3 is 1. The van der Waals surface area contributed by atoms with Crippen molar-refractivity contribution in [2.45, 2.75) is 20.0 Å². The summed E-state index contributed by atoms with van der Waals surface area (Å²) in [7, 11) is 1.65. The number of carbonyl (C=O) groups is 1. The van der Waals surface area contributed by atoms with Crippen molar-refractivity contribution in [1.29, 1.82) is 0 Å². The highest BCUT2D eigenvalue weighted by Gasteiger charge is 2.11. The van der Waals surface area contributed by atoms with Gasteiger partial charge in [-0.05, 0) is 53.4 Å². The fourth-order valence-corrected chi connectivity index (χ4v) is 3.12. The number of ether oxygens (including phenoxy) is 2. The number of benzene rings is 3. The molecular weight excluding hydrogens is 366 g/mol. The Morgan fingerprint density at radius 2 is 1.72 bits per heavy atom. The monoisotopic (exact) mass is 391 g/mol. The van der Waals surface area contributed by atoms with Gasteiger partial charge in [0.2, 0.25) is 0 Å². The van der Waals surface area contributed by atoms with Gasteiger partial charge >= 0.3 is 6.03 Å². The zero-order valence-electron chi connectivity index (χ0n) is 16.6. The number of hydrogen-bond acceptors (Lipinski definition) is 4. The third-order valence-corrected chi connectivity index (χ3v) is 4.67. The maximum atomic E-state index is 11.7. The molecule has 0 saturated heterocycles. The number of urea groups is 1. The highest BCUT2D eigenvalue weighted by molar-refractivity contribution is 5.89. The van der Waals surface area contributed by atoms with E-state index in [-0.39, 0.29) is 0 Å². The molecule has 0 fully saturated rings. The molecule has 0 aliphatic heterocycles. The van der Waals surface area contributed by atoms with Crippen LogP contribution in [0.2, 0.25) is 0 Å². The molecule has 6 nitrogen and oxygen atoms in total. The van der Waals surface area contributed by atoms with E-state index in [9.17, 15) is 4.79 Å². The minimum atomic E-state index is -0.471. The summed E-state index contributed by atoms with van der Waals surface area (Å²) in [6.07, 6.45) is 0.824. The van der Waals surface area contributed by atoms with Crippen molar-refractivity contribution in [3.63, 3.8) is 0 Å². The van der Waals surface area contributed by atoms with Crippen molar-refractivity contribution < 1.29 is 14.3 Å². The molecular formula is C23H25N3O3. The van der Waals surface area contributed by atoms with Crippen molar-refractivity contribution in [3.05, 3.63) is 77.9 Å². The SMILES string of the molecule is CCc1cccc(NC(=O)NN)c1COc1cccc(-c2ccc(OC)cc2)c1. The molecule has 0 bridgehead atoms. The first-order valence-corrected chi connectivity index (χ1v) is 9.40. The number of aryl methyl sites for hydroxylation is 1. The predicted molar refractivity (Wildman–Crippen MR) is 115 cm³/mol. The molecule has 0 heterocycles. The molecule has 0 spiro atoms. The number of hydrogen-bond donors (Lipinski definition) is 3. The summed E-state index contributed by atoms with van der Waals surface area (Å²) in [5, 5.41) is 2.75. The van der Waals surface area contributed by atoms with E-state index < -0.39 is 6.03 Å². The third kappa shape index (κ3) is 5.06. The summed E-state index contributed by atoms with van der Waals surface area (Å²) >= 11 is 0. The fraction of sp³-hybridized carbons (Fsp3) is 0.174. The number of hydrazine groups is 1. The van der Waals surface area contributed by atoms with Crippen LogP contribution in [-0.2, 0) is 13.0 Å². The molecule has 0 radical (unpaired) electrons. The normalized spacial score (nSPS) is 10.3. The van der Waals surface area contributed by atoms with E-state index in [2.05, 4.69) is 17.7 Å². The second-order valence-corrected chi connectivity index (χ2v) is 6.44. The molecule has 3 aromatic carbocycles. The van der Waals surface area contributed by atoms with Gasteiger partial charge in [-0.1, -0.05) is 43.3 Å². The molecule has 0 unspecified atom stereocenters. The summed E-state index contributed by atoms with van der Waals surface area (Å²) in [5.74, 6) is 6.76. The number of nitrogens with one attached hydrogen (secondary N) is 2. The van der Waals surface area contributed by atoms with Crippen LogP contribution in [0.3, 0.4) is 0 Å². The Labute approximate surface area is 170 Å². The van der Waals surface area contributed by atoms with E-state index in [1.54, 1.807) is 7.11 Å². The van der Waals surface area contributed by atoms with Crippen molar-refractivity contribution in [3.8, 4) is 22.6 Å². The molecule has 0 saturated carbocycles.